The summed E-state index contributed by atoms with van der Waals surface area (Å²) in [6, 6.07) is 26.9. The van der Waals surface area contributed by atoms with Crippen molar-refractivity contribution in [1.82, 2.24) is 9.97 Å². The van der Waals surface area contributed by atoms with Crippen LogP contribution in [0.25, 0.3) is 22.5 Å². The molecular formula is C23H16FN3O. The molecule has 1 aromatic heterocycles. The largest absolute Gasteiger partial charge is 0.290 e. The Labute approximate surface area is 161 Å². The third kappa shape index (κ3) is 3.78. The number of nitrogens with one attached hydrogen (secondary N) is 1. The Bertz CT molecular complexity index is 1060. The zero-order valence-corrected chi connectivity index (χ0v) is 14.8. The predicted octanol–water partition coefficient (Wildman–Crippen LogP) is 5.20. The van der Waals surface area contributed by atoms with E-state index in [9.17, 15) is 9.18 Å². The van der Waals surface area contributed by atoms with E-state index in [-0.39, 0.29) is 11.5 Å². The van der Waals surface area contributed by atoms with Crippen LogP contribution in [-0.4, -0.2) is 15.9 Å². The van der Waals surface area contributed by atoms with Gasteiger partial charge in [0, 0.05) is 11.1 Å². The van der Waals surface area contributed by atoms with E-state index in [2.05, 4.69) is 15.3 Å². The van der Waals surface area contributed by atoms with Crippen LogP contribution in [0, 0.1) is 5.82 Å². The second-order valence-corrected chi connectivity index (χ2v) is 6.13. The lowest BCUT2D eigenvalue weighted by Crippen LogP contribution is -2.16. The monoisotopic (exact) mass is 369 g/mol. The zero-order valence-electron chi connectivity index (χ0n) is 14.8. The molecule has 0 radical (unpaired) electrons. The van der Waals surface area contributed by atoms with E-state index in [1.165, 1.54) is 18.2 Å². The number of halogens is 1. The number of nitrogens with zero attached hydrogens (tertiary/aromatic N) is 2. The van der Waals surface area contributed by atoms with Gasteiger partial charge in [0.2, 0.25) is 5.95 Å². The SMILES string of the molecule is O=C(Nc1nc(-c2ccccc2)cc(-c2ccccc2)n1)c1ccccc1F. The van der Waals surface area contributed by atoms with Crippen LogP contribution in [0.2, 0.25) is 0 Å². The quantitative estimate of drug-likeness (QED) is 0.538. The van der Waals surface area contributed by atoms with Gasteiger partial charge in [-0.3, -0.25) is 10.1 Å². The molecule has 0 atom stereocenters. The number of aromatic nitrogens is 2. The number of rotatable bonds is 4. The van der Waals surface area contributed by atoms with Gasteiger partial charge in [-0.05, 0) is 18.2 Å². The number of carbonyl (C=O) groups is 1. The Kier molecular flexibility index (Phi) is 4.89. The Morgan fingerprint density at radius 3 is 1.75 bits per heavy atom. The molecule has 4 aromatic rings. The highest BCUT2D eigenvalue weighted by atomic mass is 19.1. The summed E-state index contributed by atoms with van der Waals surface area (Å²) in [4.78, 5) is 21.4. The van der Waals surface area contributed by atoms with Gasteiger partial charge in [-0.25, -0.2) is 14.4 Å². The summed E-state index contributed by atoms with van der Waals surface area (Å²) in [6.07, 6.45) is 0. The first-order chi connectivity index (χ1) is 13.7. The molecule has 4 rings (SSSR count). The third-order valence-corrected chi connectivity index (χ3v) is 4.21. The van der Waals surface area contributed by atoms with Crippen molar-refractivity contribution in [2.24, 2.45) is 0 Å². The van der Waals surface area contributed by atoms with Gasteiger partial charge in [0.15, 0.2) is 0 Å². The fourth-order valence-electron chi connectivity index (χ4n) is 2.83. The maximum atomic E-state index is 13.9. The van der Waals surface area contributed by atoms with Gasteiger partial charge >= 0.3 is 0 Å². The molecular weight excluding hydrogens is 353 g/mol. The van der Waals surface area contributed by atoms with Gasteiger partial charge in [-0.2, -0.15) is 0 Å². The van der Waals surface area contributed by atoms with Crippen molar-refractivity contribution < 1.29 is 9.18 Å². The fourth-order valence-corrected chi connectivity index (χ4v) is 2.83. The summed E-state index contributed by atoms with van der Waals surface area (Å²) in [6.45, 7) is 0. The van der Waals surface area contributed by atoms with Gasteiger partial charge < -0.3 is 0 Å². The Morgan fingerprint density at radius 2 is 1.21 bits per heavy atom. The second kappa shape index (κ2) is 7.80. The first-order valence-corrected chi connectivity index (χ1v) is 8.76. The average molecular weight is 369 g/mol. The van der Waals surface area contributed by atoms with Gasteiger partial charge in [-0.1, -0.05) is 72.8 Å². The minimum atomic E-state index is -0.595. The van der Waals surface area contributed by atoms with E-state index in [0.717, 1.165) is 11.1 Å². The van der Waals surface area contributed by atoms with Crippen LogP contribution in [0.3, 0.4) is 0 Å². The first kappa shape index (κ1) is 17.5. The van der Waals surface area contributed by atoms with Crippen LogP contribution in [-0.2, 0) is 0 Å². The molecule has 0 bridgehead atoms. The summed E-state index contributed by atoms with van der Waals surface area (Å²) >= 11 is 0. The van der Waals surface area contributed by atoms with Gasteiger partial charge in [0.05, 0.1) is 17.0 Å². The van der Waals surface area contributed by atoms with Crippen molar-refractivity contribution in [1.29, 1.82) is 0 Å². The molecule has 0 fully saturated rings. The molecule has 1 amide bonds. The van der Waals surface area contributed by atoms with Crippen molar-refractivity contribution in [2.75, 3.05) is 5.32 Å². The summed E-state index contributed by atoms with van der Waals surface area (Å²) in [7, 11) is 0. The number of hydrogen-bond donors (Lipinski definition) is 1. The predicted molar refractivity (Wildman–Crippen MR) is 107 cm³/mol. The molecule has 4 nitrogen and oxygen atoms in total. The highest BCUT2D eigenvalue weighted by Gasteiger charge is 2.14. The highest BCUT2D eigenvalue weighted by Crippen LogP contribution is 2.25. The lowest BCUT2D eigenvalue weighted by Gasteiger charge is -2.10. The lowest BCUT2D eigenvalue weighted by molar-refractivity contribution is 0.102. The number of carbonyl (C=O) groups excluding carboxylic acids is 1. The average Bonchev–Trinajstić information content (AvgIpc) is 2.75. The van der Waals surface area contributed by atoms with Crippen LogP contribution >= 0.6 is 0 Å². The van der Waals surface area contributed by atoms with Crippen molar-refractivity contribution in [3.05, 3.63) is 102 Å². The lowest BCUT2D eigenvalue weighted by atomic mass is 10.1. The Balaban J connectivity index is 1.76. The molecule has 0 aliphatic heterocycles. The maximum Gasteiger partial charge on any atom is 0.260 e. The summed E-state index contributed by atoms with van der Waals surface area (Å²) in [5.41, 5.74) is 3.06. The summed E-state index contributed by atoms with van der Waals surface area (Å²) in [5, 5.41) is 2.62. The molecule has 28 heavy (non-hydrogen) atoms. The standard InChI is InChI=1S/C23H16FN3O/c24-19-14-8-7-13-18(19)22(28)27-23-25-20(16-9-3-1-4-10-16)15-21(26-23)17-11-5-2-6-12-17/h1-15H,(H,25,26,27,28). The number of hydrogen-bond acceptors (Lipinski definition) is 3. The van der Waals surface area contributed by atoms with Gasteiger partial charge in [-0.15, -0.1) is 0 Å². The Morgan fingerprint density at radius 1 is 0.714 bits per heavy atom. The number of anilines is 1. The Hall–Kier alpha value is -3.86. The molecule has 136 valence electrons. The molecule has 0 unspecified atom stereocenters. The van der Waals surface area contributed by atoms with Crippen LogP contribution in [0.15, 0.2) is 91.0 Å². The van der Waals surface area contributed by atoms with E-state index in [1.54, 1.807) is 6.07 Å². The number of amides is 1. The molecule has 0 saturated carbocycles. The molecule has 3 aromatic carbocycles. The second-order valence-electron chi connectivity index (χ2n) is 6.13. The van der Waals surface area contributed by atoms with Crippen LogP contribution in [0.5, 0.6) is 0 Å². The molecule has 1 N–H and O–H groups in total. The minimum absolute atomic E-state index is 0.0579. The third-order valence-electron chi connectivity index (χ3n) is 4.21. The molecule has 0 aliphatic carbocycles. The highest BCUT2D eigenvalue weighted by molar-refractivity contribution is 6.03. The maximum absolute atomic E-state index is 13.9. The zero-order chi connectivity index (χ0) is 19.3. The van der Waals surface area contributed by atoms with Crippen molar-refractivity contribution in [3.63, 3.8) is 0 Å². The van der Waals surface area contributed by atoms with E-state index >= 15 is 0 Å². The van der Waals surface area contributed by atoms with Crippen molar-refractivity contribution in [3.8, 4) is 22.5 Å². The molecule has 5 heteroatoms. The van der Waals surface area contributed by atoms with E-state index < -0.39 is 11.7 Å². The van der Waals surface area contributed by atoms with E-state index in [1.807, 2.05) is 66.7 Å². The minimum Gasteiger partial charge on any atom is -0.290 e. The normalized spacial score (nSPS) is 10.5. The van der Waals surface area contributed by atoms with Crippen LogP contribution in [0.4, 0.5) is 10.3 Å². The van der Waals surface area contributed by atoms with Crippen LogP contribution in [0.1, 0.15) is 10.4 Å². The van der Waals surface area contributed by atoms with E-state index in [4.69, 9.17) is 0 Å². The molecule has 0 spiro atoms. The smallest absolute Gasteiger partial charge is 0.260 e. The summed E-state index contributed by atoms with van der Waals surface area (Å²) < 4.78 is 13.9. The molecule has 0 aliphatic rings. The molecule has 1 heterocycles. The van der Waals surface area contributed by atoms with Gasteiger partial charge in [0.1, 0.15) is 5.82 Å². The first-order valence-electron chi connectivity index (χ1n) is 8.76. The summed E-state index contributed by atoms with van der Waals surface area (Å²) in [5.74, 6) is -1.07. The molecule has 0 saturated heterocycles. The number of benzene rings is 3. The van der Waals surface area contributed by atoms with Crippen molar-refractivity contribution >= 4 is 11.9 Å². The fraction of sp³-hybridized carbons (Fsp3) is 0. The topological polar surface area (TPSA) is 54.9 Å². The van der Waals surface area contributed by atoms with Crippen molar-refractivity contribution in [2.45, 2.75) is 0 Å². The van der Waals surface area contributed by atoms with E-state index in [0.29, 0.717) is 11.4 Å². The van der Waals surface area contributed by atoms with Crippen LogP contribution < -0.4 is 5.32 Å². The van der Waals surface area contributed by atoms with Gasteiger partial charge in [0.25, 0.3) is 5.91 Å².